The van der Waals surface area contributed by atoms with Crippen LogP contribution in [-0.4, -0.2) is 39.7 Å². The van der Waals surface area contributed by atoms with Crippen LogP contribution in [0.2, 0.25) is 0 Å². The number of benzene rings is 1. The molecule has 164 valence electrons. The molecule has 1 aromatic heterocycles. The van der Waals surface area contributed by atoms with E-state index in [0.29, 0.717) is 19.5 Å². The lowest BCUT2D eigenvalue weighted by Crippen LogP contribution is -2.38. The monoisotopic (exact) mass is 525 g/mol. The van der Waals surface area contributed by atoms with E-state index >= 15 is 0 Å². The average molecular weight is 525 g/mol. The van der Waals surface area contributed by atoms with Gasteiger partial charge in [-0.2, -0.15) is 0 Å². The van der Waals surface area contributed by atoms with Gasteiger partial charge in [0.1, 0.15) is 5.82 Å². The minimum atomic E-state index is 0. The first kappa shape index (κ1) is 24.1. The number of anilines is 1. The van der Waals surface area contributed by atoms with Crippen molar-refractivity contribution in [1.29, 1.82) is 0 Å². The number of aromatic nitrogens is 3. The Morgan fingerprint density at radius 3 is 2.57 bits per heavy atom. The summed E-state index contributed by atoms with van der Waals surface area (Å²) in [6.07, 6.45) is 3.80. The van der Waals surface area contributed by atoms with Crippen molar-refractivity contribution in [2.45, 2.75) is 52.6 Å². The molecule has 9 heteroatoms. The number of carbonyl (C=O) groups is 1. The predicted molar refractivity (Wildman–Crippen MR) is 130 cm³/mol. The molecule has 0 aliphatic carbocycles. The van der Waals surface area contributed by atoms with Crippen LogP contribution in [0.3, 0.4) is 0 Å². The van der Waals surface area contributed by atoms with Crippen LogP contribution in [0.15, 0.2) is 29.3 Å². The van der Waals surface area contributed by atoms with Gasteiger partial charge in [0.2, 0.25) is 5.91 Å². The first-order valence-corrected chi connectivity index (χ1v) is 10.3. The maximum atomic E-state index is 11.9. The molecule has 1 fully saturated rings. The van der Waals surface area contributed by atoms with E-state index in [0.717, 1.165) is 61.2 Å². The lowest BCUT2D eigenvalue weighted by Gasteiger charge is -2.16. The molecule has 1 aliphatic heterocycles. The number of hydrogen-bond donors (Lipinski definition) is 2. The van der Waals surface area contributed by atoms with E-state index in [1.807, 2.05) is 47.7 Å². The third kappa shape index (κ3) is 6.41. The molecule has 0 radical (unpaired) electrons. The Bertz CT molecular complexity index is 848. The van der Waals surface area contributed by atoms with Gasteiger partial charge in [-0.1, -0.05) is 25.5 Å². The van der Waals surface area contributed by atoms with E-state index in [1.54, 1.807) is 0 Å². The number of nitrogens with zero attached hydrogens (tertiary/aromatic N) is 5. The topological polar surface area (TPSA) is 87.4 Å². The van der Waals surface area contributed by atoms with Crippen molar-refractivity contribution in [2.75, 3.05) is 18.0 Å². The Morgan fingerprint density at radius 1 is 1.20 bits per heavy atom. The summed E-state index contributed by atoms with van der Waals surface area (Å²) in [5.74, 6) is 2.72. The maximum absolute atomic E-state index is 11.9. The predicted octanol–water partition coefficient (Wildman–Crippen LogP) is 2.90. The smallest absolute Gasteiger partial charge is 0.227 e. The second-order valence-electron chi connectivity index (χ2n) is 7.34. The van der Waals surface area contributed by atoms with Gasteiger partial charge in [-0.25, -0.2) is 4.99 Å². The fourth-order valence-electron chi connectivity index (χ4n) is 3.20. The molecule has 2 N–H and O–H groups in total. The van der Waals surface area contributed by atoms with Gasteiger partial charge >= 0.3 is 0 Å². The first-order chi connectivity index (χ1) is 14.1. The highest BCUT2D eigenvalue weighted by Gasteiger charge is 2.21. The van der Waals surface area contributed by atoms with Gasteiger partial charge in [-0.05, 0) is 37.5 Å². The number of unbranched alkanes of at least 4 members (excludes halogenated alkanes) is 1. The Balaban J connectivity index is 0.00000320. The average Bonchev–Trinajstić information content (AvgIpc) is 3.30. The first-order valence-electron chi connectivity index (χ1n) is 10.3. The molecule has 8 nitrogen and oxygen atoms in total. The third-order valence-electron chi connectivity index (χ3n) is 5.16. The highest BCUT2D eigenvalue weighted by molar-refractivity contribution is 14.0. The van der Waals surface area contributed by atoms with E-state index in [4.69, 9.17) is 4.99 Å². The van der Waals surface area contributed by atoms with Gasteiger partial charge in [-0.15, -0.1) is 34.2 Å². The van der Waals surface area contributed by atoms with Gasteiger partial charge in [0.25, 0.3) is 0 Å². The maximum Gasteiger partial charge on any atom is 0.227 e. The van der Waals surface area contributed by atoms with Crippen LogP contribution in [0.4, 0.5) is 5.69 Å². The van der Waals surface area contributed by atoms with Gasteiger partial charge in [0.15, 0.2) is 11.8 Å². The summed E-state index contributed by atoms with van der Waals surface area (Å²) < 4.78 is 1.97. The molecular weight excluding hydrogens is 493 g/mol. The van der Waals surface area contributed by atoms with Crippen molar-refractivity contribution in [3.8, 4) is 0 Å². The van der Waals surface area contributed by atoms with Crippen LogP contribution < -0.4 is 15.5 Å². The largest absolute Gasteiger partial charge is 0.356 e. The van der Waals surface area contributed by atoms with E-state index in [1.165, 1.54) is 0 Å². The summed E-state index contributed by atoms with van der Waals surface area (Å²) in [5, 5.41) is 15.0. The van der Waals surface area contributed by atoms with Gasteiger partial charge in [0, 0.05) is 32.2 Å². The van der Waals surface area contributed by atoms with Gasteiger partial charge < -0.3 is 20.1 Å². The van der Waals surface area contributed by atoms with E-state index in [9.17, 15) is 4.79 Å². The quantitative estimate of drug-likeness (QED) is 0.240. The van der Waals surface area contributed by atoms with Crippen LogP contribution in [0, 0.1) is 6.92 Å². The molecular formula is C21H32IN7O. The molecule has 1 aliphatic rings. The fourth-order valence-corrected chi connectivity index (χ4v) is 3.20. The van der Waals surface area contributed by atoms with Crippen LogP contribution in [0.25, 0.3) is 0 Å². The molecule has 0 saturated carbocycles. The highest BCUT2D eigenvalue weighted by atomic mass is 127. The minimum absolute atomic E-state index is 0. The normalized spacial score (nSPS) is 14.0. The molecule has 0 bridgehead atoms. The number of guanidine groups is 1. The summed E-state index contributed by atoms with van der Waals surface area (Å²) in [6, 6.07) is 8.10. The number of rotatable bonds is 8. The van der Waals surface area contributed by atoms with Gasteiger partial charge in [-0.3, -0.25) is 4.79 Å². The Hall–Kier alpha value is -2.17. The number of carbonyl (C=O) groups excluding carboxylic acids is 1. The zero-order valence-electron chi connectivity index (χ0n) is 18.0. The zero-order valence-corrected chi connectivity index (χ0v) is 20.3. The number of halogens is 1. The molecule has 1 saturated heterocycles. The Morgan fingerprint density at radius 2 is 1.97 bits per heavy atom. The molecule has 1 aromatic carbocycles. The molecule has 0 spiro atoms. The molecule has 3 rings (SSSR count). The van der Waals surface area contributed by atoms with Crippen LogP contribution in [0.1, 0.15) is 49.8 Å². The minimum Gasteiger partial charge on any atom is -0.356 e. The van der Waals surface area contributed by atoms with Crippen molar-refractivity contribution >= 4 is 41.5 Å². The van der Waals surface area contributed by atoms with Crippen molar-refractivity contribution in [1.82, 2.24) is 25.4 Å². The van der Waals surface area contributed by atoms with Crippen molar-refractivity contribution in [3.63, 3.8) is 0 Å². The SMILES string of the molecule is CCCCNC(=NCc1ccc(N2CCCC2=O)cc1)NCc1nnc(C)n1C.I. The molecule has 2 heterocycles. The molecule has 2 aromatic rings. The van der Waals surface area contributed by atoms with Crippen molar-refractivity contribution < 1.29 is 4.79 Å². The molecule has 30 heavy (non-hydrogen) atoms. The summed E-state index contributed by atoms with van der Waals surface area (Å²) in [5.41, 5.74) is 2.07. The number of nitrogens with one attached hydrogen (secondary N) is 2. The van der Waals surface area contributed by atoms with Gasteiger partial charge in [0.05, 0.1) is 13.1 Å². The van der Waals surface area contributed by atoms with Crippen LogP contribution in [0.5, 0.6) is 0 Å². The summed E-state index contributed by atoms with van der Waals surface area (Å²) >= 11 is 0. The second-order valence-corrected chi connectivity index (χ2v) is 7.34. The number of hydrogen-bond acceptors (Lipinski definition) is 4. The fraction of sp³-hybridized carbons (Fsp3) is 0.524. The number of amides is 1. The van der Waals surface area contributed by atoms with Crippen molar-refractivity contribution in [2.24, 2.45) is 12.0 Å². The second kappa shape index (κ2) is 11.9. The van der Waals surface area contributed by atoms with Crippen LogP contribution in [-0.2, 0) is 24.9 Å². The lowest BCUT2D eigenvalue weighted by atomic mass is 10.2. The van der Waals surface area contributed by atoms with E-state index in [2.05, 4.69) is 27.8 Å². The Labute approximate surface area is 195 Å². The summed E-state index contributed by atoms with van der Waals surface area (Å²) in [7, 11) is 1.96. The standard InChI is InChI=1S/C21H31N7O.HI/c1-4-5-12-22-21(24-15-19-26-25-16(2)27(19)3)23-14-17-8-10-18(11-9-17)28-13-6-7-20(28)29;/h8-11H,4-7,12-15H2,1-3H3,(H2,22,23,24);1H. The summed E-state index contributed by atoms with van der Waals surface area (Å²) in [6.45, 7) is 6.91. The molecule has 1 amide bonds. The lowest BCUT2D eigenvalue weighted by molar-refractivity contribution is -0.117. The van der Waals surface area contributed by atoms with E-state index < -0.39 is 0 Å². The molecule has 0 unspecified atom stereocenters. The molecule has 0 atom stereocenters. The summed E-state index contributed by atoms with van der Waals surface area (Å²) in [4.78, 5) is 18.5. The highest BCUT2D eigenvalue weighted by Crippen LogP contribution is 2.21. The number of aliphatic imine (C=N–C) groups is 1. The van der Waals surface area contributed by atoms with E-state index in [-0.39, 0.29) is 29.9 Å². The Kier molecular flexibility index (Phi) is 9.54. The van der Waals surface area contributed by atoms with Crippen molar-refractivity contribution in [3.05, 3.63) is 41.5 Å². The third-order valence-corrected chi connectivity index (χ3v) is 5.16. The number of aryl methyl sites for hydroxylation is 1. The van der Waals surface area contributed by atoms with Crippen LogP contribution >= 0.6 is 24.0 Å². The zero-order chi connectivity index (χ0) is 20.6.